The molecular formula is C7H10BrNO3S. The number of aryl methyl sites for hydroxylation is 1. The first-order valence-electron chi connectivity index (χ1n) is 3.77. The molecule has 6 heteroatoms. The molecule has 0 bridgehead atoms. The van der Waals surface area contributed by atoms with Gasteiger partial charge in [0.15, 0.2) is 15.6 Å². The summed E-state index contributed by atoms with van der Waals surface area (Å²) in [6, 6.07) is 0. The Hall–Kier alpha value is -0.360. The number of hydrogen-bond acceptors (Lipinski definition) is 4. The van der Waals surface area contributed by atoms with Crippen LogP contribution in [0.3, 0.4) is 0 Å². The van der Waals surface area contributed by atoms with Gasteiger partial charge in [-0.15, -0.1) is 0 Å². The summed E-state index contributed by atoms with van der Waals surface area (Å²) >= 11 is 3.21. The fourth-order valence-electron chi connectivity index (χ4n) is 0.797. The molecule has 0 N–H and O–H groups in total. The molecule has 0 aliphatic carbocycles. The van der Waals surface area contributed by atoms with E-state index in [1.54, 1.807) is 13.8 Å². The van der Waals surface area contributed by atoms with Gasteiger partial charge in [-0.05, 0) is 22.9 Å². The van der Waals surface area contributed by atoms with E-state index in [-0.39, 0.29) is 11.5 Å². The maximum atomic E-state index is 11.2. The van der Waals surface area contributed by atoms with Crippen molar-refractivity contribution in [2.45, 2.75) is 19.6 Å². The average molecular weight is 268 g/mol. The molecule has 0 aliphatic rings. The number of hydrogen-bond donors (Lipinski definition) is 0. The first-order valence-corrected chi connectivity index (χ1v) is 6.38. The van der Waals surface area contributed by atoms with Gasteiger partial charge in [-0.1, -0.05) is 12.1 Å². The van der Waals surface area contributed by atoms with Crippen molar-refractivity contribution < 1.29 is 12.9 Å². The summed E-state index contributed by atoms with van der Waals surface area (Å²) in [5, 5.41) is 3.65. The Kier molecular flexibility index (Phi) is 3.13. The van der Waals surface area contributed by atoms with Crippen LogP contribution in [0.2, 0.25) is 0 Å². The first kappa shape index (κ1) is 10.7. The van der Waals surface area contributed by atoms with Gasteiger partial charge < -0.3 is 4.52 Å². The Morgan fingerprint density at radius 1 is 1.54 bits per heavy atom. The summed E-state index contributed by atoms with van der Waals surface area (Å²) < 4.78 is 27.9. The number of nitrogens with zero attached hydrogens (tertiary/aromatic N) is 1. The van der Waals surface area contributed by atoms with Crippen LogP contribution < -0.4 is 0 Å². The van der Waals surface area contributed by atoms with Crippen molar-refractivity contribution in [1.82, 2.24) is 5.16 Å². The van der Waals surface area contributed by atoms with Crippen LogP contribution in [0.1, 0.15) is 18.4 Å². The van der Waals surface area contributed by atoms with Crippen LogP contribution in [0.15, 0.2) is 9.00 Å². The SMILES string of the molecule is CCS(=O)(=O)Cc1onc(C)c1Br. The first-order chi connectivity index (χ1) is 5.96. The van der Waals surface area contributed by atoms with E-state index in [9.17, 15) is 8.42 Å². The smallest absolute Gasteiger partial charge is 0.166 e. The molecule has 0 unspecified atom stereocenters. The molecule has 1 heterocycles. The van der Waals surface area contributed by atoms with Crippen molar-refractivity contribution >= 4 is 25.8 Å². The molecule has 4 nitrogen and oxygen atoms in total. The minimum Gasteiger partial charge on any atom is -0.359 e. The molecular weight excluding hydrogens is 258 g/mol. The Labute approximate surface area is 85.3 Å². The Morgan fingerprint density at radius 2 is 2.15 bits per heavy atom. The minimum absolute atomic E-state index is 0.0923. The minimum atomic E-state index is -3.05. The standard InChI is InChI=1S/C7H10BrNO3S/c1-3-13(10,11)4-6-7(8)5(2)9-12-6/h3-4H2,1-2H3. The zero-order valence-corrected chi connectivity index (χ0v) is 9.77. The van der Waals surface area contributed by atoms with Gasteiger partial charge in [-0.2, -0.15) is 0 Å². The van der Waals surface area contributed by atoms with Gasteiger partial charge in [-0.25, -0.2) is 8.42 Å². The number of rotatable bonds is 3. The highest BCUT2D eigenvalue weighted by Gasteiger charge is 2.17. The maximum Gasteiger partial charge on any atom is 0.166 e. The molecule has 0 saturated heterocycles. The van der Waals surface area contributed by atoms with E-state index in [1.165, 1.54) is 0 Å². The lowest BCUT2D eigenvalue weighted by Crippen LogP contribution is -2.06. The molecule has 0 amide bonds. The second-order valence-corrected chi connectivity index (χ2v) is 5.83. The predicted octanol–water partition coefficient (Wildman–Crippen LogP) is 1.68. The number of halogens is 1. The van der Waals surface area contributed by atoms with Gasteiger partial charge in [0, 0.05) is 5.75 Å². The van der Waals surface area contributed by atoms with E-state index >= 15 is 0 Å². The molecule has 74 valence electrons. The highest BCUT2D eigenvalue weighted by molar-refractivity contribution is 9.10. The van der Waals surface area contributed by atoms with Crippen LogP contribution in [0.4, 0.5) is 0 Å². The summed E-state index contributed by atoms with van der Waals surface area (Å²) in [5.74, 6) is 0.392. The molecule has 0 aliphatic heterocycles. The van der Waals surface area contributed by atoms with Crippen molar-refractivity contribution in [3.63, 3.8) is 0 Å². The molecule has 0 aromatic carbocycles. The zero-order chi connectivity index (χ0) is 10.1. The molecule has 0 spiro atoms. The summed E-state index contributed by atoms with van der Waals surface area (Å²) in [6.07, 6.45) is 0. The van der Waals surface area contributed by atoms with Crippen molar-refractivity contribution in [3.8, 4) is 0 Å². The van der Waals surface area contributed by atoms with Crippen LogP contribution >= 0.6 is 15.9 Å². The van der Waals surface area contributed by atoms with Crippen molar-refractivity contribution in [3.05, 3.63) is 15.9 Å². The molecule has 0 saturated carbocycles. The third-order valence-corrected chi connectivity index (χ3v) is 4.24. The molecule has 0 radical (unpaired) electrons. The fraction of sp³-hybridized carbons (Fsp3) is 0.571. The van der Waals surface area contributed by atoms with Gasteiger partial charge in [0.05, 0.1) is 10.2 Å². The normalized spacial score (nSPS) is 11.9. The summed E-state index contributed by atoms with van der Waals surface area (Å²) in [6.45, 7) is 3.35. The molecule has 1 aromatic rings. The van der Waals surface area contributed by atoms with Crippen LogP contribution in [-0.4, -0.2) is 19.3 Å². The molecule has 1 aromatic heterocycles. The third-order valence-electron chi connectivity index (χ3n) is 1.65. The van der Waals surface area contributed by atoms with Gasteiger partial charge in [0.25, 0.3) is 0 Å². The highest BCUT2D eigenvalue weighted by atomic mass is 79.9. The maximum absolute atomic E-state index is 11.2. The molecule has 0 atom stereocenters. The zero-order valence-electron chi connectivity index (χ0n) is 7.37. The summed E-state index contributed by atoms with van der Waals surface area (Å²) in [7, 11) is -3.05. The lowest BCUT2D eigenvalue weighted by Gasteiger charge is -1.96. The van der Waals surface area contributed by atoms with Crippen LogP contribution in [-0.2, 0) is 15.6 Å². The average Bonchev–Trinajstić information content (AvgIpc) is 2.36. The van der Waals surface area contributed by atoms with Crippen molar-refractivity contribution in [2.24, 2.45) is 0 Å². The van der Waals surface area contributed by atoms with Crippen LogP contribution in [0, 0.1) is 6.92 Å². The van der Waals surface area contributed by atoms with Gasteiger partial charge in [0.2, 0.25) is 0 Å². The summed E-state index contributed by atoms with van der Waals surface area (Å²) in [5.41, 5.74) is 0.668. The lowest BCUT2D eigenvalue weighted by molar-refractivity contribution is 0.388. The quantitative estimate of drug-likeness (QED) is 0.836. The van der Waals surface area contributed by atoms with E-state index in [0.717, 1.165) is 0 Å². The number of aromatic nitrogens is 1. The van der Waals surface area contributed by atoms with Gasteiger partial charge in [0.1, 0.15) is 5.75 Å². The van der Waals surface area contributed by atoms with E-state index in [2.05, 4.69) is 21.1 Å². The molecule has 0 fully saturated rings. The predicted molar refractivity (Wildman–Crippen MR) is 52.1 cm³/mol. The van der Waals surface area contributed by atoms with E-state index in [4.69, 9.17) is 4.52 Å². The van der Waals surface area contributed by atoms with E-state index in [0.29, 0.717) is 15.9 Å². The lowest BCUT2D eigenvalue weighted by atomic mass is 10.4. The Balaban J connectivity index is 2.93. The second kappa shape index (κ2) is 3.79. The molecule has 13 heavy (non-hydrogen) atoms. The largest absolute Gasteiger partial charge is 0.359 e. The highest BCUT2D eigenvalue weighted by Crippen LogP contribution is 2.22. The van der Waals surface area contributed by atoms with Crippen molar-refractivity contribution in [1.29, 1.82) is 0 Å². The number of sulfone groups is 1. The molecule has 1 rings (SSSR count). The van der Waals surface area contributed by atoms with Crippen LogP contribution in [0.5, 0.6) is 0 Å². The monoisotopic (exact) mass is 267 g/mol. The van der Waals surface area contributed by atoms with Gasteiger partial charge >= 0.3 is 0 Å². The van der Waals surface area contributed by atoms with Crippen LogP contribution in [0.25, 0.3) is 0 Å². The summed E-state index contributed by atoms with van der Waals surface area (Å²) in [4.78, 5) is 0. The fourth-order valence-corrected chi connectivity index (χ4v) is 2.07. The topological polar surface area (TPSA) is 60.2 Å². The van der Waals surface area contributed by atoms with Crippen molar-refractivity contribution in [2.75, 3.05) is 5.75 Å². The van der Waals surface area contributed by atoms with E-state index in [1.807, 2.05) is 0 Å². The Morgan fingerprint density at radius 3 is 2.54 bits per heavy atom. The third kappa shape index (κ3) is 2.54. The second-order valence-electron chi connectivity index (χ2n) is 2.68. The Bertz CT molecular complexity index is 396. The van der Waals surface area contributed by atoms with E-state index < -0.39 is 9.84 Å². The van der Waals surface area contributed by atoms with Gasteiger partial charge in [-0.3, -0.25) is 0 Å².